The molecule has 0 saturated carbocycles. The summed E-state index contributed by atoms with van der Waals surface area (Å²) in [7, 11) is 0. The van der Waals surface area contributed by atoms with Crippen molar-refractivity contribution in [1.29, 1.82) is 0 Å². The van der Waals surface area contributed by atoms with Crippen molar-refractivity contribution in [3.63, 3.8) is 0 Å². The predicted octanol–water partition coefficient (Wildman–Crippen LogP) is 2.71. The Morgan fingerprint density at radius 2 is 2.20 bits per heavy atom. The van der Waals surface area contributed by atoms with E-state index in [4.69, 9.17) is 10.5 Å². The van der Waals surface area contributed by atoms with Gasteiger partial charge in [-0.1, -0.05) is 20.3 Å². The third-order valence-corrected chi connectivity index (χ3v) is 2.46. The maximum absolute atomic E-state index is 12.9. The van der Waals surface area contributed by atoms with Crippen LogP contribution in [0, 0.1) is 11.7 Å². The van der Waals surface area contributed by atoms with E-state index in [1.807, 2.05) is 0 Å². The molecule has 0 aliphatic heterocycles. The Balaban J connectivity index is 2.67. The zero-order valence-corrected chi connectivity index (χ0v) is 9.29. The minimum absolute atomic E-state index is 0.272. The summed E-state index contributed by atoms with van der Waals surface area (Å²) in [6, 6.07) is 4.46. The third kappa shape index (κ3) is 3.51. The topological polar surface area (TPSA) is 35.2 Å². The molecule has 15 heavy (non-hydrogen) atoms. The molecular formula is C12H18FNO. The summed E-state index contributed by atoms with van der Waals surface area (Å²) < 4.78 is 18.5. The van der Waals surface area contributed by atoms with Gasteiger partial charge in [0, 0.05) is 12.1 Å². The van der Waals surface area contributed by atoms with Gasteiger partial charge < -0.3 is 10.5 Å². The predicted molar refractivity (Wildman–Crippen MR) is 59.2 cm³/mol. The zero-order valence-electron chi connectivity index (χ0n) is 9.29. The molecule has 0 heterocycles. The Kier molecular flexibility index (Phi) is 4.56. The lowest BCUT2D eigenvalue weighted by Gasteiger charge is -2.13. The fourth-order valence-electron chi connectivity index (χ4n) is 1.20. The molecule has 1 atom stereocenters. The van der Waals surface area contributed by atoms with Crippen LogP contribution in [0.15, 0.2) is 18.2 Å². The Hall–Kier alpha value is -1.09. The number of rotatable bonds is 5. The van der Waals surface area contributed by atoms with Gasteiger partial charge in [0.05, 0.1) is 6.61 Å². The summed E-state index contributed by atoms with van der Waals surface area (Å²) in [6.45, 7) is 5.18. The first-order valence-electron chi connectivity index (χ1n) is 5.28. The van der Waals surface area contributed by atoms with Crippen LogP contribution in [0.4, 0.5) is 4.39 Å². The summed E-state index contributed by atoms with van der Waals surface area (Å²) >= 11 is 0. The van der Waals surface area contributed by atoms with Crippen molar-refractivity contribution < 1.29 is 9.13 Å². The van der Waals surface area contributed by atoms with Crippen LogP contribution >= 0.6 is 0 Å². The van der Waals surface area contributed by atoms with Gasteiger partial charge in [-0.3, -0.25) is 0 Å². The van der Waals surface area contributed by atoms with Crippen molar-refractivity contribution in [2.75, 3.05) is 6.61 Å². The van der Waals surface area contributed by atoms with Crippen LogP contribution in [0.1, 0.15) is 25.8 Å². The summed E-state index contributed by atoms with van der Waals surface area (Å²) in [4.78, 5) is 0. The molecule has 0 aromatic heterocycles. The molecule has 0 fully saturated rings. The van der Waals surface area contributed by atoms with Gasteiger partial charge in [0.25, 0.3) is 0 Å². The van der Waals surface area contributed by atoms with Gasteiger partial charge in [-0.05, 0) is 24.1 Å². The number of benzene rings is 1. The second-order valence-corrected chi connectivity index (χ2v) is 3.78. The molecule has 0 aliphatic carbocycles. The van der Waals surface area contributed by atoms with E-state index in [0.29, 0.717) is 24.8 Å². The first-order chi connectivity index (χ1) is 7.17. The molecule has 1 rings (SSSR count). The molecule has 84 valence electrons. The van der Waals surface area contributed by atoms with Crippen LogP contribution in [0.2, 0.25) is 0 Å². The first kappa shape index (κ1) is 12.0. The normalized spacial score (nSPS) is 12.5. The van der Waals surface area contributed by atoms with E-state index in [0.717, 1.165) is 12.0 Å². The monoisotopic (exact) mass is 211 g/mol. The molecule has 0 saturated heterocycles. The van der Waals surface area contributed by atoms with Crippen molar-refractivity contribution in [1.82, 2.24) is 0 Å². The van der Waals surface area contributed by atoms with Crippen molar-refractivity contribution in [2.45, 2.75) is 26.8 Å². The zero-order chi connectivity index (χ0) is 11.3. The average molecular weight is 211 g/mol. The molecule has 1 unspecified atom stereocenters. The summed E-state index contributed by atoms with van der Waals surface area (Å²) in [5, 5.41) is 0. The standard InChI is InChI=1S/C12H18FNO/c1-3-9(2)8-15-12-5-4-11(13)6-10(12)7-14/h4-6,9H,3,7-8,14H2,1-2H3. The van der Waals surface area contributed by atoms with E-state index >= 15 is 0 Å². The smallest absolute Gasteiger partial charge is 0.123 e. The molecule has 3 heteroatoms. The second-order valence-electron chi connectivity index (χ2n) is 3.78. The van der Waals surface area contributed by atoms with Gasteiger partial charge in [0.15, 0.2) is 0 Å². The highest BCUT2D eigenvalue weighted by atomic mass is 19.1. The molecule has 0 spiro atoms. The maximum Gasteiger partial charge on any atom is 0.123 e. The highest BCUT2D eigenvalue weighted by Gasteiger charge is 2.05. The number of hydrogen-bond donors (Lipinski definition) is 1. The maximum atomic E-state index is 12.9. The number of halogens is 1. The van der Waals surface area contributed by atoms with Crippen LogP contribution < -0.4 is 10.5 Å². The van der Waals surface area contributed by atoms with Crippen LogP contribution in [-0.4, -0.2) is 6.61 Å². The fraction of sp³-hybridized carbons (Fsp3) is 0.500. The highest BCUT2D eigenvalue weighted by Crippen LogP contribution is 2.20. The molecule has 0 radical (unpaired) electrons. The summed E-state index contributed by atoms with van der Waals surface area (Å²) in [5.41, 5.74) is 6.23. The largest absolute Gasteiger partial charge is 0.493 e. The highest BCUT2D eigenvalue weighted by molar-refractivity contribution is 5.33. The Morgan fingerprint density at radius 1 is 1.47 bits per heavy atom. The molecular weight excluding hydrogens is 193 g/mol. The molecule has 1 aromatic rings. The van der Waals surface area contributed by atoms with Gasteiger partial charge in [0.1, 0.15) is 11.6 Å². The van der Waals surface area contributed by atoms with Gasteiger partial charge in [-0.15, -0.1) is 0 Å². The average Bonchev–Trinajstić information content (AvgIpc) is 2.26. The minimum Gasteiger partial charge on any atom is -0.493 e. The van der Waals surface area contributed by atoms with Crippen molar-refractivity contribution in [3.05, 3.63) is 29.6 Å². The van der Waals surface area contributed by atoms with E-state index in [2.05, 4.69) is 13.8 Å². The second kappa shape index (κ2) is 5.71. The van der Waals surface area contributed by atoms with E-state index in [1.165, 1.54) is 12.1 Å². The lowest BCUT2D eigenvalue weighted by atomic mass is 10.1. The number of nitrogens with two attached hydrogens (primary N) is 1. The van der Waals surface area contributed by atoms with Gasteiger partial charge >= 0.3 is 0 Å². The third-order valence-electron chi connectivity index (χ3n) is 2.46. The van der Waals surface area contributed by atoms with Gasteiger partial charge in [-0.25, -0.2) is 4.39 Å². The van der Waals surface area contributed by atoms with E-state index in [1.54, 1.807) is 6.07 Å². The first-order valence-corrected chi connectivity index (χ1v) is 5.28. The van der Waals surface area contributed by atoms with Crippen LogP contribution in [0.5, 0.6) is 5.75 Å². The molecule has 0 aliphatic rings. The lowest BCUT2D eigenvalue weighted by Crippen LogP contribution is -2.10. The molecule has 2 N–H and O–H groups in total. The van der Waals surface area contributed by atoms with Gasteiger partial charge in [-0.2, -0.15) is 0 Å². The molecule has 1 aromatic carbocycles. The number of hydrogen-bond acceptors (Lipinski definition) is 2. The molecule has 0 bridgehead atoms. The minimum atomic E-state index is -0.272. The van der Waals surface area contributed by atoms with Crippen LogP contribution in [-0.2, 0) is 6.54 Å². The summed E-state index contributed by atoms with van der Waals surface area (Å²) in [5.74, 6) is 0.922. The van der Waals surface area contributed by atoms with E-state index in [-0.39, 0.29) is 5.82 Å². The lowest BCUT2D eigenvalue weighted by molar-refractivity contribution is 0.254. The molecule has 2 nitrogen and oxygen atoms in total. The SMILES string of the molecule is CCC(C)COc1ccc(F)cc1CN. The molecule has 0 amide bonds. The van der Waals surface area contributed by atoms with E-state index in [9.17, 15) is 4.39 Å². The fourth-order valence-corrected chi connectivity index (χ4v) is 1.20. The van der Waals surface area contributed by atoms with E-state index < -0.39 is 0 Å². The quantitative estimate of drug-likeness (QED) is 0.812. The van der Waals surface area contributed by atoms with Crippen molar-refractivity contribution >= 4 is 0 Å². The van der Waals surface area contributed by atoms with Gasteiger partial charge in [0.2, 0.25) is 0 Å². The summed E-state index contributed by atoms with van der Waals surface area (Å²) in [6.07, 6.45) is 1.07. The van der Waals surface area contributed by atoms with Crippen molar-refractivity contribution in [3.8, 4) is 5.75 Å². The van der Waals surface area contributed by atoms with Crippen LogP contribution in [0.3, 0.4) is 0 Å². The Bertz CT molecular complexity index is 314. The Labute approximate surface area is 90.2 Å². The van der Waals surface area contributed by atoms with Crippen molar-refractivity contribution in [2.24, 2.45) is 11.7 Å². The number of ether oxygens (including phenoxy) is 1. The Morgan fingerprint density at radius 3 is 2.80 bits per heavy atom. The van der Waals surface area contributed by atoms with Crippen LogP contribution in [0.25, 0.3) is 0 Å².